The molecule has 0 unspecified atom stereocenters. The lowest BCUT2D eigenvalue weighted by Crippen LogP contribution is -2.52. The first-order valence-electron chi connectivity index (χ1n) is 11.5. The lowest BCUT2D eigenvalue weighted by atomic mass is 10.0. The quantitative estimate of drug-likeness (QED) is 0.226. The minimum absolute atomic E-state index is 0.00901. The van der Waals surface area contributed by atoms with Crippen LogP contribution in [0.25, 0.3) is 0 Å². The summed E-state index contributed by atoms with van der Waals surface area (Å²) in [6.07, 6.45) is 0.496. The zero-order valence-corrected chi connectivity index (χ0v) is 21.4. The molecule has 4 aromatic rings. The van der Waals surface area contributed by atoms with Gasteiger partial charge in [0.15, 0.2) is 16.8 Å². The van der Waals surface area contributed by atoms with Crippen molar-refractivity contribution in [3.05, 3.63) is 82.5 Å². The van der Waals surface area contributed by atoms with Gasteiger partial charge in [0.1, 0.15) is 11.6 Å². The molecule has 1 saturated heterocycles. The minimum Gasteiger partial charge on any atom is -0.378 e. The highest BCUT2D eigenvalue weighted by atomic mass is 35.5. The number of carbonyl (C=O) groups is 1. The Morgan fingerprint density at radius 3 is 2.61 bits per heavy atom. The summed E-state index contributed by atoms with van der Waals surface area (Å²) in [5.74, 6) is 2.18. The Kier molecular flexibility index (Phi) is 7.22. The second-order valence-corrected chi connectivity index (χ2v) is 9.99. The summed E-state index contributed by atoms with van der Waals surface area (Å²) in [7, 11) is 1.72. The number of hydrogen-bond acceptors (Lipinski definition) is 8. The monoisotopic (exact) mass is 520 g/mol. The molecule has 0 amide bonds. The van der Waals surface area contributed by atoms with Crippen LogP contribution in [0.2, 0.25) is 5.02 Å². The van der Waals surface area contributed by atoms with Crippen LogP contribution in [0.1, 0.15) is 21.6 Å². The minimum atomic E-state index is -0.00901. The van der Waals surface area contributed by atoms with E-state index in [2.05, 4.69) is 20.4 Å². The molecule has 2 aromatic heterocycles. The van der Waals surface area contributed by atoms with E-state index in [0.29, 0.717) is 27.4 Å². The van der Waals surface area contributed by atoms with Gasteiger partial charge in [0, 0.05) is 54.9 Å². The molecule has 2 N–H and O–H groups in total. The van der Waals surface area contributed by atoms with Gasteiger partial charge in [-0.2, -0.15) is 5.10 Å². The molecule has 3 heterocycles. The maximum Gasteiger partial charge on any atom is 0.196 e. The largest absolute Gasteiger partial charge is 0.378 e. The fourth-order valence-electron chi connectivity index (χ4n) is 3.82. The molecule has 2 aromatic carbocycles. The first-order chi connectivity index (χ1) is 17.5. The lowest BCUT2D eigenvalue weighted by Gasteiger charge is -2.39. The standard InChI is InChI=1S/C26H25ClN6O2S/c1-16-11-24(32-31-16)28-23-13-25(33-14-18(15-33)35-2)30-26(29-23)36-19-9-7-17(8-10-19)12-22(34)20-5-3-4-6-21(20)27/h3-11,13,18H,12,14-15H2,1-2H3,(H2,28,29,30,31,32). The van der Waals surface area contributed by atoms with E-state index in [0.717, 1.165) is 35.1 Å². The van der Waals surface area contributed by atoms with E-state index in [-0.39, 0.29) is 18.3 Å². The van der Waals surface area contributed by atoms with Crippen molar-refractivity contribution in [1.82, 2.24) is 20.2 Å². The third kappa shape index (κ3) is 5.70. The van der Waals surface area contributed by atoms with Gasteiger partial charge in [-0.1, -0.05) is 35.9 Å². The van der Waals surface area contributed by atoms with Crippen LogP contribution in [0.15, 0.2) is 70.7 Å². The fraction of sp³-hybridized carbons (Fsp3) is 0.231. The van der Waals surface area contributed by atoms with Crippen molar-refractivity contribution >= 4 is 46.6 Å². The van der Waals surface area contributed by atoms with Crippen molar-refractivity contribution in [3.63, 3.8) is 0 Å². The van der Waals surface area contributed by atoms with E-state index in [4.69, 9.17) is 26.3 Å². The van der Waals surface area contributed by atoms with E-state index in [1.165, 1.54) is 11.8 Å². The number of anilines is 3. The molecular formula is C26H25ClN6O2S. The van der Waals surface area contributed by atoms with Crippen LogP contribution in [0.4, 0.5) is 17.5 Å². The Labute approximate surface area is 218 Å². The van der Waals surface area contributed by atoms with Gasteiger partial charge in [-0.15, -0.1) is 0 Å². The highest BCUT2D eigenvalue weighted by Gasteiger charge is 2.28. The van der Waals surface area contributed by atoms with Crippen LogP contribution < -0.4 is 10.2 Å². The highest BCUT2D eigenvalue weighted by Crippen LogP contribution is 2.31. The topological polar surface area (TPSA) is 96.0 Å². The Bertz CT molecular complexity index is 1370. The number of aromatic amines is 1. The van der Waals surface area contributed by atoms with Gasteiger partial charge in [0.25, 0.3) is 0 Å². The van der Waals surface area contributed by atoms with Gasteiger partial charge >= 0.3 is 0 Å². The van der Waals surface area contributed by atoms with Crippen LogP contribution in [0.5, 0.6) is 0 Å². The van der Waals surface area contributed by atoms with Gasteiger partial charge < -0.3 is 15.0 Å². The summed E-state index contributed by atoms with van der Waals surface area (Å²) in [6.45, 7) is 3.51. The van der Waals surface area contributed by atoms with Gasteiger partial charge in [0.05, 0.1) is 11.1 Å². The number of ether oxygens (including phenoxy) is 1. The Morgan fingerprint density at radius 1 is 1.14 bits per heavy atom. The molecule has 10 heteroatoms. The molecule has 0 atom stereocenters. The molecular weight excluding hydrogens is 496 g/mol. The second kappa shape index (κ2) is 10.7. The average Bonchev–Trinajstić information content (AvgIpc) is 3.24. The number of H-pyrrole nitrogens is 1. The number of benzene rings is 2. The van der Waals surface area contributed by atoms with Crippen molar-refractivity contribution in [2.75, 3.05) is 30.4 Å². The number of hydrogen-bond donors (Lipinski definition) is 2. The number of nitrogens with zero attached hydrogens (tertiary/aromatic N) is 4. The van der Waals surface area contributed by atoms with E-state index >= 15 is 0 Å². The molecule has 184 valence electrons. The van der Waals surface area contributed by atoms with Gasteiger partial charge in [-0.3, -0.25) is 9.89 Å². The molecule has 0 spiro atoms. The first-order valence-corrected chi connectivity index (χ1v) is 12.7. The zero-order valence-electron chi connectivity index (χ0n) is 19.9. The summed E-state index contributed by atoms with van der Waals surface area (Å²) < 4.78 is 5.41. The normalized spacial score (nSPS) is 13.5. The van der Waals surface area contributed by atoms with Crippen molar-refractivity contribution in [1.29, 1.82) is 0 Å². The molecule has 0 aliphatic carbocycles. The Balaban J connectivity index is 1.32. The smallest absolute Gasteiger partial charge is 0.196 e. The maximum absolute atomic E-state index is 12.6. The molecule has 8 nitrogen and oxygen atoms in total. The molecule has 1 aliphatic heterocycles. The molecule has 0 bridgehead atoms. The number of aromatic nitrogens is 4. The molecule has 0 radical (unpaired) electrons. The van der Waals surface area contributed by atoms with Crippen molar-refractivity contribution in [2.24, 2.45) is 0 Å². The molecule has 1 fully saturated rings. The number of aryl methyl sites for hydroxylation is 1. The number of rotatable bonds is 9. The number of Topliss-reactive ketones (excluding diaryl/α,β-unsaturated/α-hetero) is 1. The Hall–Kier alpha value is -3.40. The molecule has 5 rings (SSSR count). The van der Waals surface area contributed by atoms with Crippen molar-refractivity contribution in [2.45, 2.75) is 29.5 Å². The average molecular weight is 521 g/mol. The highest BCUT2D eigenvalue weighted by molar-refractivity contribution is 7.99. The van der Waals surface area contributed by atoms with Crippen LogP contribution in [-0.2, 0) is 11.2 Å². The number of ketones is 1. The van der Waals surface area contributed by atoms with E-state index in [9.17, 15) is 4.79 Å². The SMILES string of the molecule is COC1CN(c2cc(Nc3cc(C)[nH]n3)nc(Sc3ccc(CC(=O)c4ccccc4Cl)cc3)n2)C1. The fourth-order valence-corrected chi connectivity index (χ4v) is 4.83. The van der Waals surface area contributed by atoms with Crippen molar-refractivity contribution < 1.29 is 9.53 Å². The Morgan fingerprint density at radius 2 is 1.92 bits per heavy atom. The predicted octanol–water partition coefficient (Wildman–Crippen LogP) is 5.32. The number of nitrogens with one attached hydrogen (secondary N) is 2. The second-order valence-electron chi connectivity index (χ2n) is 8.54. The van der Waals surface area contributed by atoms with Crippen LogP contribution in [-0.4, -0.2) is 52.3 Å². The number of carbonyl (C=O) groups excluding carboxylic acids is 1. The summed E-state index contributed by atoms with van der Waals surface area (Å²) >= 11 is 7.63. The number of halogens is 1. The van der Waals surface area contributed by atoms with Crippen LogP contribution >= 0.6 is 23.4 Å². The van der Waals surface area contributed by atoms with E-state index in [1.54, 1.807) is 19.2 Å². The summed E-state index contributed by atoms with van der Waals surface area (Å²) in [5.41, 5.74) is 2.42. The van der Waals surface area contributed by atoms with Gasteiger partial charge in [0.2, 0.25) is 0 Å². The van der Waals surface area contributed by atoms with E-state index in [1.807, 2.05) is 55.5 Å². The third-order valence-corrected chi connectivity index (χ3v) is 7.03. The lowest BCUT2D eigenvalue weighted by molar-refractivity contribution is 0.0782. The van der Waals surface area contributed by atoms with Crippen LogP contribution in [0.3, 0.4) is 0 Å². The molecule has 36 heavy (non-hydrogen) atoms. The van der Waals surface area contributed by atoms with Gasteiger partial charge in [-0.25, -0.2) is 9.97 Å². The maximum atomic E-state index is 12.6. The first kappa shape index (κ1) is 24.3. The van der Waals surface area contributed by atoms with Crippen molar-refractivity contribution in [3.8, 4) is 0 Å². The number of methoxy groups -OCH3 is 1. The predicted molar refractivity (Wildman–Crippen MR) is 142 cm³/mol. The molecule has 0 saturated carbocycles. The summed E-state index contributed by atoms with van der Waals surface area (Å²) in [4.78, 5) is 25.2. The van der Waals surface area contributed by atoms with Crippen LogP contribution in [0, 0.1) is 6.92 Å². The third-order valence-electron chi connectivity index (χ3n) is 5.83. The summed E-state index contributed by atoms with van der Waals surface area (Å²) in [6, 6.07) is 18.8. The zero-order chi connectivity index (χ0) is 25.1. The molecule has 1 aliphatic rings. The summed E-state index contributed by atoms with van der Waals surface area (Å²) in [5, 5.41) is 11.5. The van der Waals surface area contributed by atoms with E-state index < -0.39 is 0 Å². The van der Waals surface area contributed by atoms with Gasteiger partial charge in [-0.05, 0) is 48.5 Å².